The fraction of sp³-hybridized carbons (Fsp3) is 0.526. The van der Waals surface area contributed by atoms with Crippen LogP contribution in [0.3, 0.4) is 0 Å². The molecule has 0 aromatic heterocycles. The Bertz CT molecular complexity index is 664. The van der Waals surface area contributed by atoms with Crippen LogP contribution in [-0.4, -0.2) is 65.4 Å². The molecule has 1 aromatic carbocycles. The largest absolute Gasteiger partial charge is 0.481 e. The summed E-state index contributed by atoms with van der Waals surface area (Å²) in [6.45, 7) is 6.38. The molecule has 8 heteroatoms. The van der Waals surface area contributed by atoms with Gasteiger partial charge in [-0.05, 0) is 51.4 Å². The van der Waals surface area contributed by atoms with Crippen molar-refractivity contribution in [3.8, 4) is 0 Å². The number of aliphatic carboxylic acids is 1. The van der Waals surface area contributed by atoms with Crippen LogP contribution in [0.5, 0.6) is 0 Å². The maximum Gasteiger partial charge on any atom is 0.307 e. The monoisotopic (exact) mass is 397 g/mol. The van der Waals surface area contributed by atoms with E-state index in [1.807, 2.05) is 18.7 Å². The van der Waals surface area contributed by atoms with Gasteiger partial charge in [-0.3, -0.25) is 19.3 Å². The van der Waals surface area contributed by atoms with E-state index < -0.39 is 11.9 Å². The van der Waals surface area contributed by atoms with Crippen LogP contribution in [0.1, 0.15) is 37.0 Å². The predicted octanol–water partition coefficient (Wildman–Crippen LogP) is 2.33. The van der Waals surface area contributed by atoms with Gasteiger partial charge in [0.2, 0.25) is 5.91 Å². The third-order valence-electron chi connectivity index (χ3n) is 4.67. The van der Waals surface area contributed by atoms with Crippen LogP contribution in [0.25, 0.3) is 0 Å². The van der Waals surface area contributed by atoms with Crippen molar-refractivity contribution in [2.75, 3.05) is 38.0 Å². The number of piperidine rings is 1. The lowest BCUT2D eigenvalue weighted by Gasteiger charge is -2.29. The number of carboxylic acids is 1. The first-order valence-electron chi connectivity index (χ1n) is 9.09. The first kappa shape index (κ1) is 22.9. The Morgan fingerprint density at radius 1 is 1.26 bits per heavy atom. The standard InChI is InChI=1S/C19H27N3O4.ClH/c1-3-22(4-2)18(24)14-7-5-9-16(11-14)20-17(23)13-21-10-6-8-15(12-21)19(25)26;/h5,7,9,11,15H,3-4,6,8,10,12-13H2,1-2H3,(H,20,23)(H,25,26);1H. The molecule has 0 radical (unpaired) electrons. The highest BCUT2D eigenvalue weighted by molar-refractivity contribution is 5.97. The van der Waals surface area contributed by atoms with E-state index in [0.717, 1.165) is 13.0 Å². The molecule has 1 aliphatic rings. The zero-order valence-electron chi connectivity index (χ0n) is 15.8. The number of nitrogens with one attached hydrogen (secondary N) is 1. The van der Waals surface area contributed by atoms with Crippen LogP contribution in [0.2, 0.25) is 0 Å². The Hall–Kier alpha value is -2.12. The number of nitrogens with zero attached hydrogens (tertiary/aromatic N) is 2. The number of hydrogen-bond donors (Lipinski definition) is 2. The molecule has 1 aliphatic heterocycles. The third kappa shape index (κ3) is 6.52. The Labute approximate surface area is 166 Å². The molecule has 7 nitrogen and oxygen atoms in total. The van der Waals surface area contributed by atoms with Crippen molar-refractivity contribution in [3.05, 3.63) is 29.8 Å². The van der Waals surface area contributed by atoms with E-state index in [0.29, 0.717) is 37.3 Å². The molecule has 2 amide bonds. The predicted molar refractivity (Wildman–Crippen MR) is 106 cm³/mol. The summed E-state index contributed by atoms with van der Waals surface area (Å²) in [5.41, 5.74) is 1.11. The molecule has 1 aromatic rings. The summed E-state index contributed by atoms with van der Waals surface area (Å²) >= 11 is 0. The highest BCUT2D eigenvalue weighted by Crippen LogP contribution is 2.17. The average Bonchev–Trinajstić information content (AvgIpc) is 2.63. The molecule has 1 atom stereocenters. The van der Waals surface area contributed by atoms with E-state index >= 15 is 0 Å². The number of benzene rings is 1. The SMILES string of the molecule is CCN(CC)C(=O)c1cccc(NC(=O)CN2CCCC(C(=O)O)C2)c1.Cl. The highest BCUT2D eigenvalue weighted by atomic mass is 35.5. The summed E-state index contributed by atoms with van der Waals surface area (Å²) in [6, 6.07) is 6.90. The Balaban J connectivity index is 0.00000364. The second kappa shape index (κ2) is 10.9. The fourth-order valence-electron chi connectivity index (χ4n) is 3.23. The summed E-state index contributed by atoms with van der Waals surface area (Å²) in [5.74, 6) is -1.49. The maximum absolute atomic E-state index is 12.4. The molecule has 0 spiro atoms. The second-order valence-corrected chi connectivity index (χ2v) is 6.52. The number of likely N-dealkylation sites (tertiary alicyclic amines) is 1. The third-order valence-corrected chi connectivity index (χ3v) is 4.67. The Morgan fingerprint density at radius 3 is 2.59 bits per heavy atom. The van der Waals surface area contributed by atoms with Gasteiger partial charge in [0.05, 0.1) is 12.5 Å². The van der Waals surface area contributed by atoms with Gasteiger partial charge in [-0.25, -0.2) is 0 Å². The van der Waals surface area contributed by atoms with E-state index in [1.54, 1.807) is 29.2 Å². The summed E-state index contributed by atoms with van der Waals surface area (Å²) < 4.78 is 0. The molecule has 0 saturated carbocycles. The van der Waals surface area contributed by atoms with Gasteiger partial charge >= 0.3 is 5.97 Å². The quantitative estimate of drug-likeness (QED) is 0.737. The summed E-state index contributed by atoms with van der Waals surface area (Å²) in [5, 5.41) is 11.9. The first-order chi connectivity index (χ1) is 12.4. The van der Waals surface area contributed by atoms with Crippen LogP contribution in [0.15, 0.2) is 24.3 Å². The van der Waals surface area contributed by atoms with Crippen LogP contribution in [0, 0.1) is 5.92 Å². The topological polar surface area (TPSA) is 90.0 Å². The van der Waals surface area contributed by atoms with Crippen LogP contribution in [0.4, 0.5) is 5.69 Å². The van der Waals surface area contributed by atoms with Gasteiger partial charge < -0.3 is 15.3 Å². The molecule has 27 heavy (non-hydrogen) atoms. The van der Waals surface area contributed by atoms with Crippen molar-refractivity contribution in [1.29, 1.82) is 0 Å². The van der Waals surface area contributed by atoms with E-state index in [9.17, 15) is 14.4 Å². The molecule has 1 heterocycles. The van der Waals surface area contributed by atoms with Crippen molar-refractivity contribution >= 4 is 35.9 Å². The van der Waals surface area contributed by atoms with Crippen LogP contribution >= 0.6 is 12.4 Å². The molecule has 1 unspecified atom stereocenters. The Morgan fingerprint density at radius 2 is 1.96 bits per heavy atom. The molecule has 2 rings (SSSR count). The van der Waals surface area contributed by atoms with Gasteiger partial charge in [-0.15, -0.1) is 12.4 Å². The second-order valence-electron chi connectivity index (χ2n) is 6.52. The molecule has 1 fully saturated rings. The van der Waals surface area contributed by atoms with E-state index in [-0.39, 0.29) is 30.8 Å². The number of hydrogen-bond acceptors (Lipinski definition) is 4. The lowest BCUT2D eigenvalue weighted by Crippen LogP contribution is -2.42. The molecule has 1 saturated heterocycles. The van der Waals surface area contributed by atoms with E-state index in [4.69, 9.17) is 5.11 Å². The summed E-state index contributed by atoms with van der Waals surface area (Å²) in [7, 11) is 0. The highest BCUT2D eigenvalue weighted by Gasteiger charge is 2.26. The minimum atomic E-state index is -0.808. The van der Waals surface area contributed by atoms with Crippen LogP contribution in [-0.2, 0) is 9.59 Å². The number of carbonyl (C=O) groups is 3. The van der Waals surface area contributed by atoms with Crippen LogP contribution < -0.4 is 5.32 Å². The smallest absolute Gasteiger partial charge is 0.307 e. The average molecular weight is 398 g/mol. The normalized spacial score (nSPS) is 16.9. The molecule has 150 valence electrons. The van der Waals surface area contributed by atoms with Gasteiger partial charge in [0.1, 0.15) is 0 Å². The number of carboxylic acid groups (broad SMARTS) is 1. The minimum absolute atomic E-state index is 0. The molecular weight excluding hydrogens is 370 g/mol. The van der Waals surface area contributed by atoms with E-state index in [1.165, 1.54) is 0 Å². The van der Waals surface area contributed by atoms with Gasteiger partial charge in [0, 0.05) is 30.9 Å². The number of anilines is 1. The molecule has 0 bridgehead atoms. The van der Waals surface area contributed by atoms with Gasteiger partial charge in [0.25, 0.3) is 5.91 Å². The first-order valence-corrected chi connectivity index (χ1v) is 9.09. The molecule has 2 N–H and O–H groups in total. The number of rotatable bonds is 7. The lowest BCUT2D eigenvalue weighted by molar-refractivity contribution is -0.144. The van der Waals surface area contributed by atoms with Gasteiger partial charge in [-0.1, -0.05) is 6.07 Å². The maximum atomic E-state index is 12.4. The zero-order valence-corrected chi connectivity index (χ0v) is 16.6. The lowest BCUT2D eigenvalue weighted by atomic mass is 9.98. The van der Waals surface area contributed by atoms with Crippen molar-refractivity contribution in [2.24, 2.45) is 5.92 Å². The molecule has 0 aliphatic carbocycles. The van der Waals surface area contributed by atoms with Gasteiger partial charge in [-0.2, -0.15) is 0 Å². The number of amides is 2. The minimum Gasteiger partial charge on any atom is -0.481 e. The summed E-state index contributed by atoms with van der Waals surface area (Å²) in [4.78, 5) is 39.4. The fourth-order valence-corrected chi connectivity index (χ4v) is 3.23. The number of carbonyl (C=O) groups excluding carboxylic acids is 2. The molecular formula is C19H28ClN3O4. The number of halogens is 1. The zero-order chi connectivity index (χ0) is 19.1. The van der Waals surface area contributed by atoms with Crippen molar-refractivity contribution in [2.45, 2.75) is 26.7 Å². The van der Waals surface area contributed by atoms with Crippen molar-refractivity contribution in [3.63, 3.8) is 0 Å². The summed E-state index contributed by atoms with van der Waals surface area (Å²) in [6.07, 6.45) is 1.43. The van der Waals surface area contributed by atoms with E-state index in [2.05, 4.69) is 5.32 Å². The Kier molecular flexibility index (Phi) is 9.25. The van der Waals surface area contributed by atoms with Crippen molar-refractivity contribution in [1.82, 2.24) is 9.80 Å². The van der Waals surface area contributed by atoms with Crippen molar-refractivity contribution < 1.29 is 19.5 Å². The van der Waals surface area contributed by atoms with Gasteiger partial charge in [0.15, 0.2) is 0 Å².